The molecule has 0 saturated heterocycles. The molecule has 35 heavy (non-hydrogen) atoms. The minimum Gasteiger partial charge on any atom is -0.472 e. The summed E-state index contributed by atoms with van der Waals surface area (Å²) in [6.07, 6.45) is 12.0. The van der Waals surface area contributed by atoms with Crippen molar-refractivity contribution in [3.8, 4) is 0 Å². The van der Waals surface area contributed by atoms with Gasteiger partial charge >= 0.3 is 0 Å². The van der Waals surface area contributed by atoms with Gasteiger partial charge in [-0.15, -0.1) is 0 Å². The van der Waals surface area contributed by atoms with Gasteiger partial charge in [0.15, 0.2) is 0 Å². The molecule has 0 bridgehead atoms. The van der Waals surface area contributed by atoms with Crippen molar-refractivity contribution >= 4 is 5.91 Å². The maximum Gasteiger partial charge on any atom is 0.267 e. The zero-order chi connectivity index (χ0) is 24.0. The van der Waals surface area contributed by atoms with Gasteiger partial charge in [0, 0.05) is 48.6 Å². The van der Waals surface area contributed by atoms with Crippen LogP contribution in [0.2, 0.25) is 0 Å². The lowest BCUT2D eigenvalue weighted by molar-refractivity contribution is 0.0744. The lowest BCUT2D eigenvalue weighted by atomic mass is 9.90. The fourth-order valence-electron chi connectivity index (χ4n) is 4.73. The van der Waals surface area contributed by atoms with E-state index in [-0.39, 0.29) is 11.5 Å². The van der Waals surface area contributed by atoms with Crippen LogP contribution in [0.3, 0.4) is 0 Å². The Bertz CT molecular complexity index is 1350. The summed E-state index contributed by atoms with van der Waals surface area (Å²) in [7, 11) is 0. The molecule has 0 saturated carbocycles. The maximum atomic E-state index is 13.6. The van der Waals surface area contributed by atoms with E-state index in [9.17, 15) is 9.59 Å². The van der Waals surface area contributed by atoms with Gasteiger partial charge in [-0.25, -0.2) is 5.10 Å². The molecule has 1 amide bonds. The summed E-state index contributed by atoms with van der Waals surface area (Å²) in [5, 5.41) is 7.03. The maximum absolute atomic E-state index is 13.6. The molecule has 0 fully saturated rings. The highest BCUT2D eigenvalue weighted by Gasteiger charge is 2.20. The third-order valence-corrected chi connectivity index (χ3v) is 6.59. The molecule has 3 aromatic heterocycles. The highest BCUT2D eigenvalue weighted by atomic mass is 16.3. The van der Waals surface area contributed by atoms with Gasteiger partial charge in [-0.05, 0) is 79.1 Å². The lowest BCUT2D eigenvalue weighted by Crippen LogP contribution is -2.32. The SMILES string of the molecule is O=C(c1cccc(Cc2n[nH]c(=O)c3c2CCCC3)c1)N(CCc1ccncc1)Cc1ccoc1. The molecule has 0 radical (unpaired) electrons. The van der Waals surface area contributed by atoms with E-state index < -0.39 is 0 Å². The van der Waals surface area contributed by atoms with Gasteiger partial charge < -0.3 is 9.32 Å². The fraction of sp³-hybridized carbons (Fsp3) is 0.286. The summed E-state index contributed by atoms with van der Waals surface area (Å²) < 4.78 is 5.22. The molecule has 0 spiro atoms. The van der Waals surface area contributed by atoms with E-state index in [1.54, 1.807) is 24.9 Å². The van der Waals surface area contributed by atoms with E-state index in [1.807, 2.05) is 47.4 Å². The summed E-state index contributed by atoms with van der Waals surface area (Å²) in [5.41, 5.74) is 6.50. The molecule has 1 N–H and O–H groups in total. The minimum atomic E-state index is -0.0727. The summed E-state index contributed by atoms with van der Waals surface area (Å²) in [5.74, 6) is -0.0291. The number of H-pyrrole nitrogens is 1. The van der Waals surface area contributed by atoms with E-state index in [2.05, 4.69) is 15.2 Å². The van der Waals surface area contributed by atoms with Crippen LogP contribution in [-0.4, -0.2) is 32.5 Å². The van der Waals surface area contributed by atoms with Crippen LogP contribution in [0.1, 0.15) is 56.7 Å². The number of pyridine rings is 1. The zero-order valence-corrected chi connectivity index (χ0v) is 19.6. The van der Waals surface area contributed by atoms with Crippen molar-refractivity contribution in [3.05, 3.63) is 117 Å². The van der Waals surface area contributed by atoms with Gasteiger partial charge in [-0.2, -0.15) is 5.10 Å². The Hall–Kier alpha value is -4.00. The summed E-state index contributed by atoms with van der Waals surface area (Å²) in [4.78, 5) is 31.7. The molecule has 1 aromatic carbocycles. The number of furan rings is 1. The molecular formula is C28H28N4O3. The average Bonchev–Trinajstić information content (AvgIpc) is 3.42. The van der Waals surface area contributed by atoms with Gasteiger partial charge in [0.05, 0.1) is 18.2 Å². The largest absolute Gasteiger partial charge is 0.472 e. The molecule has 4 aromatic rings. The summed E-state index contributed by atoms with van der Waals surface area (Å²) in [6.45, 7) is 1.05. The Balaban J connectivity index is 1.37. The number of fused-ring (bicyclic) bond motifs is 1. The standard InChI is InChI=1S/C28H28N4O3/c33-27-25-7-2-1-6-24(25)26(30-31-27)17-21-4-3-5-23(16-21)28(34)32(18-22-11-15-35-19-22)14-10-20-8-12-29-13-9-20/h3-5,8-9,11-13,15-16,19H,1-2,6-7,10,14,17-18H2,(H,31,33). The molecule has 5 rings (SSSR count). The number of carbonyl (C=O) groups excluding carboxylic acids is 1. The van der Waals surface area contributed by atoms with Gasteiger partial charge in [-0.1, -0.05) is 12.1 Å². The van der Waals surface area contributed by atoms with Gasteiger partial charge in [-0.3, -0.25) is 14.6 Å². The smallest absolute Gasteiger partial charge is 0.267 e. The Morgan fingerprint density at radius 2 is 1.83 bits per heavy atom. The second-order valence-corrected chi connectivity index (χ2v) is 9.00. The van der Waals surface area contributed by atoms with Gasteiger partial charge in [0.25, 0.3) is 11.5 Å². The molecule has 7 nitrogen and oxygen atoms in total. The lowest BCUT2D eigenvalue weighted by Gasteiger charge is -2.23. The quantitative estimate of drug-likeness (QED) is 0.420. The van der Waals surface area contributed by atoms with Crippen LogP contribution in [0.4, 0.5) is 0 Å². The number of aromatic nitrogens is 3. The van der Waals surface area contributed by atoms with Crippen molar-refractivity contribution in [1.29, 1.82) is 0 Å². The van der Waals surface area contributed by atoms with Crippen LogP contribution < -0.4 is 5.56 Å². The monoisotopic (exact) mass is 468 g/mol. The second kappa shape index (κ2) is 10.5. The van der Waals surface area contributed by atoms with Crippen LogP contribution >= 0.6 is 0 Å². The molecular weight excluding hydrogens is 440 g/mol. The number of aromatic amines is 1. The molecule has 7 heteroatoms. The van der Waals surface area contributed by atoms with Crippen molar-refractivity contribution in [3.63, 3.8) is 0 Å². The first kappa shape index (κ1) is 22.8. The molecule has 3 heterocycles. The van der Waals surface area contributed by atoms with Crippen LogP contribution in [0.15, 0.2) is 76.6 Å². The van der Waals surface area contributed by atoms with Crippen LogP contribution in [0, 0.1) is 0 Å². The Kier molecular flexibility index (Phi) is 6.84. The fourth-order valence-corrected chi connectivity index (χ4v) is 4.73. The van der Waals surface area contributed by atoms with E-state index >= 15 is 0 Å². The Morgan fingerprint density at radius 1 is 1.00 bits per heavy atom. The first-order valence-corrected chi connectivity index (χ1v) is 12.0. The molecule has 1 aliphatic carbocycles. The van der Waals surface area contributed by atoms with Crippen molar-refractivity contribution < 1.29 is 9.21 Å². The third-order valence-electron chi connectivity index (χ3n) is 6.59. The van der Waals surface area contributed by atoms with Crippen LogP contribution in [0.25, 0.3) is 0 Å². The highest BCUT2D eigenvalue weighted by molar-refractivity contribution is 5.94. The molecule has 0 unspecified atom stereocenters. The van der Waals surface area contributed by atoms with E-state index in [4.69, 9.17) is 4.42 Å². The molecule has 0 aliphatic heterocycles. The molecule has 1 aliphatic rings. The van der Waals surface area contributed by atoms with Gasteiger partial charge in [0.2, 0.25) is 0 Å². The predicted octanol–water partition coefficient (Wildman–Crippen LogP) is 4.11. The van der Waals surface area contributed by atoms with Crippen molar-refractivity contribution in [2.75, 3.05) is 6.54 Å². The summed E-state index contributed by atoms with van der Waals surface area (Å²) >= 11 is 0. The van der Waals surface area contributed by atoms with E-state index in [0.29, 0.717) is 25.1 Å². The zero-order valence-electron chi connectivity index (χ0n) is 19.6. The predicted molar refractivity (Wildman–Crippen MR) is 132 cm³/mol. The minimum absolute atomic E-state index is 0.0291. The van der Waals surface area contributed by atoms with Crippen molar-refractivity contribution in [2.24, 2.45) is 0 Å². The second-order valence-electron chi connectivity index (χ2n) is 9.00. The first-order chi connectivity index (χ1) is 17.2. The number of amides is 1. The number of nitrogens with zero attached hydrogens (tertiary/aromatic N) is 3. The topological polar surface area (TPSA) is 92.1 Å². The number of nitrogens with one attached hydrogen (secondary N) is 1. The molecule has 178 valence electrons. The van der Waals surface area contributed by atoms with E-state index in [0.717, 1.165) is 65.6 Å². The Labute approximate surface area is 203 Å². The van der Waals surface area contributed by atoms with Crippen LogP contribution in [-0.2, 0) is 32.2 Å². The first-order valence-electron chi connectivity index (χ1n) is 12.0. The number of benzene rings is 1. The van der Waals surface area contributed by atoms with Crippen LogP contribution in [0.5, 0.6) is 0 Å². The normalized spacial score (nSPS) is 12.8. The number of rotatable bonds is 8. The number of hydrogen-bond acceptors (Lipinski definition) is 5. The number of carbonyl (C=O) groups is 1. The third kappa shape index (κ3) is 5.40. The number of hydrogen-bond donors (Lipinski definition) is 1. The van der Waals surface area contributed by atoms with Crippen molar-refractivity contribution in [1.82, 2.24) is 20.1 Å². The summed E-state index contributed by atoms with van der Waals surface area (Å²) in [6, 6.07) is 13.6. The Morgan fingerprint density at radius 3 is 2.63 bits per heavy atom. The average molecular weight is 469 g/mol. The molecule has 0 atom stereocenters. The highest BCUT2D eigenvalue weighted by Crippen LogP contribution is 2.23. The van der Waals surface area contributed by atoms with Crippen molar-refractivity contribution in [2.45, 2.75) is 45.1 Å². The van der Waals surface area contributed by atoms with Gasteiger partial charge in [0.1, 0.15) is 0 Å². The van der Waals surface area contributed by atoms with E-state index in [1.165, 1.54) is 0 Å².